The molecule has 2 N–H and O–H groups in total. The summed E-state index contributed by atoms with van der Waals surface area (Å²) in [5.74, 6) is 0.703. The van der Waals surface area contributed by atoms with E-state index in [0.717, 1.165) is 41.0 Å². The zero-order valence-electron chi connectivity index (χ0n) is 16.6. The van der Waals surface area contributed by atoms with Crippen molar-refractivity contribution in [3.63, 3.8) is 0 Å². The standard InChI is InChI=1S/C22H26N4O2S/c1-28-18-11-10-17(16-8-4-2-5-9-16)20-19(18)24-22(29-20)25-21(27)23-12-15-26-13-6-3-7-14-26/h2,4-5,8-11H,3,6-7,12-15H2,1H3,(H2,23,24,25,27). The maximum absolute atomic E-state index is 12.3. The maximum Gasteiger partial charge on any atom is 0.321 e. The van der Waals surface area contributed by atoms with Gasteiger partial charge in [-0.15, -0.1) is 0 Å². The maximum atomic E-state index is 12.3. The van der Waals surface area contributed by atoms with Crippen LogP contribution in [-0.2, 0) is 0 Å². The average molecular weight is 411 g/mol. The smallest absolute Gasteiger partial charge is 0.321 e. The Kier molecular flexibility index (Phi) is 6.27. The number of ether oxygens (including phenoxy) is 1. The number of urea groups is 1. The minimum atomic E-state index is -0.221. The van der Waals surface area contributed by atoms with E-state index in [1.165, 1.54) is 30.6 Å². The molecule has 3 aromatic rings. The normalized spacial score (nSPS) is 14.7. The van der Waals surface area contributed by atoms with Crippen LogP contribution in [0.15, 0.2) is 42.5 Å². The Morgan fingerprint density at radius 1 is 1.14 bits per heavy atom. The number of nitrogens with zero attached hydrogens (tertiary/aromatic N) is 2. The molecule has 0 atom stereocenters. The van der Waals surface area contributed by atoms with Crippen LogP contribution in [0.25, 0.3) is 21.3 Å². The fourth-order valence-electron chi connectivity index (χ4n) is 3.70. The number of piperidine rings is 1. The number of hydrogen-bond acceptors (Lipinski definition) is 5. The summed E-state index contributed by atoms with van der Waals surface area (Å²) in [4.78, 5) is 19.4. The largest absolute Gasteiger partial charge is 0.494 e. The zero-order valence-corrected chi connectivity index (χ0v) is 17.4. The number of thiazole rings is 1. The Labute approximate surface area is 174 Å². The van der Waals surface area contributed by atoms with E-state index >= 15 is 0 Å². The average Bonchev–Trinajstić information content (AvgIpc) is 3.18. The Hall–Kier alpha value is -2.64. The van der Waals surface area contributed by atoms with Gasteiger partial charge in [-0.25, -0.2) is 9.78 Å². The molecule has 0 bridgehead atoms. The molecule has 0 unspecified atom stereocenters. The SMILES string of the molecule is COc1ccc(-c2ccccc2)c2sc(NC(=O)NCCN3CCCCC3)nc12. The number of fused-ring (bicyclic) bond motifs is 1. The number of methoxy groups -OCH3 is 1. The van der Waals surface area contributed by atoms with E-state index in [0.29, 0.717) is 17.4 Å². The van der Waals surface area contributed by atoms with E-state index in [4.69, 9.17) is 4.74 Å². The second kappa shape index (κ2) is 9.24. The number of benzene rings is 2. The second-order valence-electron chi connectivity index (χ2n) is 7.16. The predicted octanol–water partition coefficient (Wildman–Crippen LogP) is 4.58. The van der Waals surface area contributed by atoms with Gasteiger partial charge in [0.05, 0.1) is 11.8 Å². The highest BCUT2D eigenvalue weighted by Crippen LogP contribution is 2.39. The summed E-state index contributed by atoms with van der Waals surface area (Å²) in [6.45, 7) is 3.78. The van der Waals surface area contributed by atoms with E-state index in [1.54, 1.807) is 7.11 Å². The second-order valence-corrected chi connectivity index (χ2v) is 8.16. The van der Waals surface area contributed by atoms with Gasteiger partial charge in [-0.3, -0.25) is 5.32 Å². The molecule has 2 amide bonds. The van der Waals surface area contributed by atoms with E-state index < -0.39 is 0 Å². The van der Waals surface area contributed by atoms with Crippen LogP contribution >= 0.6 is 11.3 Å². The van der Waals surface area contributed by atoms with Gasteiger partial charge < -0.3 is 15.0 Å². The van der Waals surface area contributed by atoms with Crippen LogP contribution in [0, 0.1) is 0 Å². The minimum Gasteiger partial charge on any atom is -0.494 e. The van der Waals surface area contributed by atoms with Crippen molar-refractivity contribution >= 4 is 32.7 Å². The molecule has 29 heavy (non-hydrogen) atoms. The predicted molar refractivity (Wildman–Crippen MR) is 119 cm³/mol. The molecule has 1 aliphatic rings. The first-order chi connectivity index (χ1) is 14.2. The molecule has 1 saturated heterocycles. The summed E-state index contributed by atoms with van der Waals surface area (Å²) in [5, 5.41) is 6.39. The van der Waals surface area contributed by atoms with E-state index in [-0.39, 0.29) is 6.03 Å². The number of amides is 2. The van der Waals surface area contributed by atoms with Crippen LogP contribution in [0.2, 0.25) is 0 Å². The summed E-state index contributed by atoms with van der Waals surface area (Å²) in [7, 11) is 1.64. The van der Waals surface area contributed by atoms with E-state index in [2.05, 4.69) is 32.7 Å². The van der Waals surface area contributed by atoms with Crippen molar-refractivity contribution in [3.8, 4) is 16.9 Å². The molecule has 1 aromatic heterocycles. The van der Waals surface area contributed by atoms with Crippen molar-refractivity contribution in [2.45, 2.75) is 19.3 Å². The minimum absolute atomic E-state index is 0.221. The first kappa shape index (κ1) is 19.7. The van der Waals surface area contributed by atoms with Gasteiger partial charge in [0.2, 0.25) is 0 Å². The number of aromatic nitrogens is 1. The third-order valence-corrected chi connectivity index (χ3v) is 6.20. The lowest BCUT2D eigenvalue weighted by atomic mass is 10.1. The van der Waals surface area contributed by atoms with Crippen molar-refractivity contribution in [2.75, 3.05) is 38.6 Å². The van der Waals surface area contributed by atoms with Crippen molar-refractivity contribution in [1.29, 1.82) is 0 Å². The molecule has 7 heteroatoms. The summed E-state index contributed by atoms with van der Waals surface area (Å²) < 4.78 is 6.48. The number of carbonyl (C=O) groups excluding carboxylic acids is 1. The molecule has 1 fully saturated rings. The molecular formula is C22H26N4O2S. The zero-order chi connectivity index (χ0) is 20.1. The lowest BCUT2D eigenvalue weighted by molar-refractivity contribution is 0.224. The highest BCUT2D eigenvalue weighted by Gasteiger charge is 2.16. The third-order valence-electron chi connectivity index (χ3n) is 5.19. The molecule has 6 nitrogen and oxygen atoms in total. The highest BCUT2D eigenvalue weighted by molar-refractivity contribution is 7.23. The molecule has 0 spiro atoms. The molecule has 1 aliphatic heterocycles. The molecule has 2 aromatic carbocycles. The summed E-state index contributed by atoms with van der Waals surface area (Å²) in [6, 6.07) is 13.9. The number of carbonyl (C=O) groups is 1. The van der Waals surface area contributed by atoms with E-state index in [9.17, 15) is 4.79 Å². The monoisotopic (exact) mass is 410 g/mol. The quantitative estimate of drug-likeness (QED) is 0.624. The fraction of sp³-hybridized carbons (Fsp3) is 0.364. The van der Waals surface area contributed by atoms with E-state index in [1.807, 2.05) is 30.3 Å². The summed E-state index contributed by atoms with van der Waals surface area (Å²) in [6.07, 6.45) is 3.82. The number of hydrogen-bond donors (Lipinski definition) is 2. The first-order valence-corrected chi connectivity index (χ1v) is 10.9. The van der Waals surface area contributed by atoms with Gasteiger partial charge in [0, 0.05) is 18.7 Å². The molecular weight excluding hydrogens is 384 g/mol. The molecule has 0 saturated carbocycles. The molecule has 4 rings (SSSR count). The van der Waals surface area contributed by atoms with Crippen molar-refractivity contribution in [1.82, 2.24) is 15.2 Å². The number of likely N-dealkylation sites (tertiary alicyclic amines) is 1. The Morgan fingerprint density at radius 2 is 1.93 bits per heavy atom. The highest BCUT2D eigenvalue weighted by atomic mass is 32.1. The van der Waals surface area contributed by atoms with Crippen molar-refractivity contribution in [2.24, 2.45) is 0 Å². The molecule has 0 radical (unpaired) electrons. The van der Waals surface area contributed by atoms with Crippen LogP contribution in [-0.4, -0.2) is 49.2 Å². The molecule has 0 aliphatic carbocycles. The summed E-state index contributed by atoms with van der Waals surface area (Å²) >= 11 is 1.46. The Balaban J connectivity index is 1.47. The van der Waals surface area contributed by atoms with Crippen LogP contribution in [0.4, 0.5) is 9.93 Å². The van der Waals surface area contributed by atoms with Gasteiger partial charge >= 0.3 is 6.03 Å². The van der Waals surface area contributed by atoms with Crippen LogP contribution in [0.1, 0.15) is 19.3 Å². The first-order valence-electron chi connectivity index (χ1n) is 10.0. The molecule has 2 heterocycles. The van der Waals surface area contributed by atoms with Crippen molar-refractivity contribution < 1.29 is 9.53 Å². The van der Waals surface area contributed by atoms with Gasteiger partial charge in [-0.2, -0.15) is 0 Å². The Bertz CT molecular complexity index is 968. The van der Waals surface area contributed by atoms with Gasteiger partial charge in [0.25, 0.3) is 0 Å². The van der Waals surface area contributed by atoms with Crippen LogP contribution in [0.5, 0.6) is 5.75 Å². The summed E-state index contributed by atoms with van der Waals surface area (Å²) in [5.41, 5.74) is 2.96. The van der Waals surface area contributed by atoms with Crippen molar-refractivity contribution in [3.05, 3.63) is 42.5 Å². The van der Waals surface area contributed by atoms with Gasteiger partial charge in [0.1, 0.15) is 11.3 Å². The van der Waals surface area contributed by atoms with Crippen LogP contribution < -0.4 is 15.4 Å². The van der Waals surface area contributed by atoms with Crippen LogP contribution in [0.3, 0.4) is 0 Å². The van der Waals surface area contributed by atoms with Gasteiger partial charge in [0.15, 0.2) is 5.13 Å². The molecule has 152 valence electrons. The van der Waals surface area contributed by atoms with Gasteiger partial charge in [-0.1, -0.05) is 48.1 Å². The third kappa shape index (κ3) is 4.68. The lowest BCUT2D eigenvalue weighted by Crippen LogP contribution is -2.39. The topological polar surface area (TPSA) is 66.5 Å². The van der Waals surface area contributed by atoms with Gasteiger partial charge in [-0.05, 0) is 43.6 Å². The Morgan fingerprint density at radius 3 is 2.69 bits per heavy atom. The fourth-order valence-corrected chi connectivity index (χ4v) is 4.71. The number of rotatable bonds is 6. The number of anilines is 1. The number of nitrogens with one attached hydrogen (secondary N) is 2. The lowest BCUT2D eigenvalue weighted by Gasteiger charge is -2.26.